The molecule has 3 N–H and O–H groups in total. The lowest BCUT2D eigenvalue weighted by atomic mass is 10.2. The van der Waals surface area contributed by atoms with Crippen molar-refractivity contribution in [3.05, 3.63) is 32.6 Å². The van der Waals surface area contributed by atoms with Gasteiger partial charge in [0, 0.05) is 12.6 Å². The highest BCUT2D eigenvalue weighted by Gasteiger charge is 2.47. The Hall–Kier alpha value is -1.84. The van der Waals surface area contributed by atoms with Gasteiger partial charge in [-0.2, -0.15) is 0 Å². The van der Waals surface area contributed by atoms with Crippen molar-refractivity contribution in [2.24, 2.45) is 0 Å². The number of aromatic nitrogens is 2. The molecule has 0 aliphatic carbocycles. The van der Waals surface area contributed by atoms with Gasteiger partial charge in [-0.15, -0.1) is 0 Å². The number of rotatable bonds is 3. The van der Waals surface area contributed by atoms with Crippen molar-refractivity contribution in [3.63, 3.8) is 0 Å². The van der Waals surface area contributed by atoms with E-state index in [1.165, 1.54) is 0 Å². The zero-order chi connectivity index (χ0) is 16.0. The standard InChI is InChI=1S/C10H11FN2O6/c11-10(4-15)1-6(16)8(19-10)13-2-5(3-14)7(17)12-9(13)18/h2-3,6,8,15-16H,1,4H2,(H,12,17,18)/t6-,8-,10+/m1/s1/i4D2. The number of halogens is 1. The Labute approximate surface area is 107 Å². The summed E-state index contributed by atoms with van der Waals surface area (Å²) in [6.07, 6.45) is -3.44. The van der Waals surface area contributed by atoms with Crippen molar-refractivity contribution in [1.82, 2.24) is 9.55 Å². The summed E-state index contributed by atoms with van der Waals surface area (Å²) >= 11 is 0. The molecule has 0 aromatic carbocycles. The molecule has 0 unspecified atom stereocenters. The minimum atomic E-state index is -3.41. The van der Waals surface area contributed by atoms with Crippen molar-refractivity contribution < 1.29 is 26.9 Å². The molecule has 1 fully saturated rings. The van der Waals surface area contributed by atoms with Crippen molar-refractivity contribution in [2.45, 2.75) is 24.6 Å². The van der Waals surface area contributed by atoms with Gasteiger partial charge in [-0.3, -0.25) is 19.1 Å². The minimum absolute atomic E-state index is 0.143. The molecule has 2 rings (SSSR count). The van der Waals surface area contributed by atoms with Crippen LogP contribution in [-0.2, 0) is 4.74 Å². The van der Waals surface area contributed by atoms with Crippen molar-refractivity contribution in [1.29, 1.82) is 0 Å². The summed E-state index contributed by atoms with van der Waals surface area (Å²) in [7, 11) is 0. The van der Waals surface area contributed by atoms with Crippen LogP contribution in [0.5, 0.6) is 0 Å². The third-order valence-corrected chi connectivity index (χ3v) is 2.67. The minimum Gasteiger partial charge on any atom is -0.390 e. The number of nitrogens with zero attached hydrogens (tertiary/aromatic N) is 1. The number of aliphatic hydroxyl groups is 2. The molecule has 0 saturated carbocycles. The topological polar surface area (TPSA) is 122 Å². The number of ether oxygens (including phenoxy) is 1. The van der Waals surface area contributed by atoms with E-state index in [1.54, 1.807) is 4.98 Å². The van der Waals surface area contributed by atoms with Crippen LogP contribution in [-0.4, -0.2) is 44.6 Å². The third-order valence-electron chi connectivity index (χ3n) is 2.67. The van der Waals surface area contributed by atoms with E-state index >= 15 is 0 Å². The molecule has 3 atom stereocenters. The Morgan fingerprint density at radius 3 is 2.95 bits per heavy atom. The third kappa shape index (κ3) is 2.35. The fourth-order valence-electron chi connectivity index (χ4n) is 1.78. The Morgan fingerprint density at radius 1 is 1.74 bits per heavy atom. The van der Waals surface area contributed by atoms with E-state index in [2.05, 4.69) is 4.74 Å². The van der Waals surface area contributed by atoms with E-state index < -0.39 is 48.0 Å². The summed E-state index contributed by atoms with van der Waals surface area (Å²) in [5, 5.41) is 18.8. The molecule has 0 radical (unpaired) electrons. The molecule has 0 amide bonds. The molecule has 0 spiro atoms. The van der Waals surface area contributed by atoms with Gasteiger partial charge in [-0.25, -0.2) is 9.18 Å². The lowest BCUT2D eigenvalue weighted by Gasteiger charge is -2.19. The lowest BCUT2D eigenvalue weighted by Crippen LogP contribution is -2.37. The second kappa shape index (κ2) is 4.68. The molecule has 104 valence electrons. The van der Waals surface area contributed by atoms with Crippen LogP contribution < -0.4 is 11.2 Å². The largest absolute Gasteiger partial charge is 0.390 e. The molecule has 1 aliphatic heterocycles. The lowest BCUT2D eigenvalue weighted by molar-refractivity contribution is -0.180. The van der Waals surface area contributed by atoms with Crippen LogP contribution in [0, 0.1) is 0 Å². The summed E-state index contributed by atoms with van der Waals surface area (Å²) in [6, 6.07) is 0. The molecule has 1 aromatic rings. The maximum Gasteiger partial charge on any atom is 0.330 e. The van der Waals surface area contributed by atoms with Gasteiger partial charge < -0.3 is 14.9 Å². The van der Waals surface area contributed by atoms with Gasteiger partial charge in [0.15, 0.2) is 12.5 Å². The maximum absolute atomic E-state index is 14.1. The monoisotopic (exact) mass is 276 g/mol. The van der Waals surface area contributed by atoms with Gasteiger partial charge in [0.25, 0.3) is 5.56 Å². The van der Waals surface area contributed by atoms with Gasteiger partial charge in [-0.05, 0) is 0 Å². The van der Waals surface area contributed by atoms with Crippen molar-refractivity contribution in [2.75, 3.05) is 6.56 Å². The summed E-state index contributed by atoms with van der Waals surface area (Å²) in [4.78, 5) is 35.3. The van der Waals surface area contributed by atoms with E-state index in [4.69, 9.17) is 7.85 Å². The quantitative estimate of drug-likeness (QED) is 0.565. The first-order valence-corrected chi connectivity index (χ1v) is 5.17. The molecule has 9 heteroatoms. The highest BCUT2D eigenvalue weighted by atomic mass is 19.2. The number of alkyl halides is 1. The molecular weight excluding hydrogens is 263 g/mol. The number of hydrogen-bond donors (Lipinski definition) is 3. The van der Waals surface area contributed by atoms with Crippen LogP contribution in [0.1, 0.15) is 25.7 Å². The number of nitrogens with one attached hydrogen (secondary N) is 1. The predicted octanol–water partition coefficient (Wildman–Crippen LogP) is -1.71. The number of carbonyl (C=O) groups is 1. The number of H-pyrrole nitrogens is 1. The predicted molar refractivity (Wildman–Crippen MR) is 58.4 cm³/mol. The first-order valence-electron chi connectivity index (χ1n) is 6.17. The zero-order valence-electron chi connectivity index (χ0n) is 11.4. The van der Waals surface area contributed by atoms with Crippen LogP contribution in [0.4, 0.5) is 4.39 Å². The fraction of sp³-hybridized carbons (Fsp3) is 0.500. The molecule has 1 aromatic heterocycles. The average molecular weight is 276 g/mol. The zero-order valence-corrected chi connectivity index (χ0v) is 9.37. The van der Waals surface area contributed by atoms with E-state index in [0.717, 1.165) is 6.20 Å². The van der Waals surface area contributed by atoms with Crippen LogP contribution in [0.25, 0.3) is 0 Å². The summed E-state index contributed by atoms with van der Waals surface area (Å²) in [6.45, 7) is -3.41. The first kappa shape index (κ1) is 11.0. The summed E-state index contributed by atoms with van der Waals surface area (Å²) in [5.74, 6) is -3.24. The van der Waals surface area contributed by atoms with Gasteiger partial charge >= 0.3 is 5.69 Å². The molecule has 8 nitrogen and oxygen atoms in total. The van der Waals surface area contributed by atoms with Crippen LogP contribution in [0.2, 0.25) is 0 Å². The van der Waals surface area contributed by atoms with E-state index in [0.29, 0.717) is 4.57 Å². The Kier molecular flexibility index (Phi) is 2.72. The highest BCUT2D eigenvalue weighted by molar-refractivity contribution is 5.73. The van der Waals surface area contributed by atoms with E-state index in [1.807, 2.05) is 0 Å². The highest BCUT2D eigenvalue weighted by Crippen LogP contribution is 2.36. The second-order valence-corrected chi connectivity index (χ2v) is 3.99. The molecule has 2 heterocycles. The SMILES string of the molecule is [2H]C([2H])(O)[C@]1(F)C[C@@H](O)[C@H](n2cc(C=O)c(=O)[nH]c2=O)O1. The normalized spacial score (nSPS) is 32.8. The van der Waals surface area contributed by atoms with Gasteiger partial charge in [0.2, 0.25) is 5.85 Å². The smallest absolute Gasteiger partial charge is 0.330 e. The molecule has 1 saturated heterocycles. The number of aliphatic hydroxyl groups excluding tert-OH is 1. The fourth-order valence-corrected chi connectivity index (χ4v) is 1.78. The van der Waals surface area contributed by atoms with Gasteiger partial charge in [0.1, 0.15) is 12.7 Å². The Morgan fingerprint density at radius 2 is 2.42 bits per heavy atom. The van der Waals surface area contributed by atoms with Crippen LogP contribution in [0.15, 0.2) is 15.8 Å². The van der Waals surface area contributed by atoms with Gasteiger partial charge in [-0.1, -0.05) is 0 Å². The number of carbonyl (C=O) groups excluding carboxylic acids is 1. The second-order valence-electron chi connectivity index (χ2n) is 3.99. The summed E-state index contributed by atoms with van der Waals surface area (Å²) < 4.78 is 33.2. The van der Waals surface area contributed by atoms with E-state index in [9.17, 15) is 23.9 Å². The molecule has 1 aliphatic rings. The Bertz CT molecular complexity index is 683. The number of aldehydes is 1. The van der Waals surface area contributed by atoms with Crippen LogP contribution in [0.3, 0.4) is 0 Å². The van der Waals surface area contributed by atoms with Gasteiger partial charge in [0.05, 0.1) is 8.30 Å². The van der Waals surface area contributed by atoms with Crippen molar-refractivity contribution in [3.8, 4) is 0 Å². The Balaban J connectivity index is 2.47. The molecule has 19 heavy (non-hydrogen) atoms. The average Bonchev–Trinajstić information content (AvgIpc) is 2.66. The van der Waals surface area contributed by atoms with Crippen LogP contribution >= 0.6 is 0 Å². The molecule has 0 bridgehead atoms. The van der Waals surface area contributed by atoms with E-state index in [-0.39, 0.29) is 6.29 Å². The molecular formula is C10H11FN2O6. The summed E-state index contributed by atoms with van der Waals surface area (Å²) in [5.41, 5.74) is -2.52. The first-order chi connectivity index (χ1) is 9.59. The number of hydrogen-bond acceptors (Lipinski definition) is 6. The van der Waals surface area contributed by atoms with Crippen molar-refractivity contribution >= 4 is 6.29 Å². The maximum atomic E-state index is 14.1. The number of aromatic amines is 1.